The summed E-state index contributed by atoms with van der Waals surface area (Å²) in [4.78, 5) is 0.353. The van der Waals surface area contributed by atoms with E-state index in [2.05, 4.69) is 4.72 Å². The highest BCUT2D eigenvalue weighted by Crippen LogP contribution is 2.23. The van der Waals surface area contributed by atoms with Crippen molar-refractivity contribution in [2.45, 2.75) is 37.2 Å². The van der Waals surface area contributed by atoms with Gasteiger partial charge >= 0.3 is 0 Å². The van der Waals surface area contributed by atoms with Gasteiger partial charge in [-0.25, -0.2) is 13.1 Å². The summed E-state index contributed by atoms with van der Waals surface area (Å²) in [5.74, 6) is 0. The molecule has 1 fully saturated rings. The number of hydrogen-bond donors (Lipinski definition) is 2. The fourth-order valence-electron chi connectivity index (χ4n) is 1.61. The van der Waals surface area contributed by atoms with Gasteiger partial charge < -0.3 is 5.73 Å². The van der Waals surface area contributed by atoms with Crippen molar-refractivity contribution >= 4 is 10.0 Å². The highest BCUT2D eigenvalue weighted by molar-refractivity contribution is 7.89. The van der Waals surface area contributed by atoms with Crippen molar-refractivity contribution in [1.29, 1.82) is 0 Å². The summed E-state index contributed by atoms with van der Waals surface area (Å²) >= 11 is 0. The van der Waals surface area contributed by atoms with Gasteiger partial charge in [0.1, 0.15) is 0 Å². The van der Waals surface area contributed by atoms with Gasteiger partial charge in [0.05, 0.1) is 4.90 Å². The predicted octanol–water partition coefficient (Wildman–Crippen LogP) is 0.681. The van der Waals surface area contributed by atoms with E-state index in [1.54, 1.807) is 13.0 Å². The molecule has 1 aromatic carbocycles. The summed E-state index contributed by atoms with van der Waals surface area (Å²) in [6.45, 7) is 3.67. The van der Waals surface area contributed by atoms with Crippen molar-refractivity contribution in [2.75, 3.05) is 0 Å². The van der Waals surface area contributed by atoms with Crippen molar-refractivity contribution in [1.82, 2.24) is 4.72 Å². The van der Waals surface area contributed by atoms with Gasteiger partial charge in [-0.2, -0.15) is 0 Å². The van der Waals surface area contributed by atoms with Gasteiger partial charge in [-0.15, -0.1) is 0 Å². The lowest BCUT2D eigenvalue weighted by Crippen LogP contribution is -2.30. The van der Waals surface area contributed by atoms with Crippen molar-refractivity contribution in [3.8, 4) is 0 Å². The Morgan fingerprint density at radius 3 is 2.56 bits per heavy atom. The molecule has 5 heteroatoms. The van der Waals surface area contributed by atoms with Crippen molar-refractivity contribution < 1.29 is 8.42 Å². The van der Waals surface area contributed by atoms with Crippen LogP contribution in [-0.4, -0.2) is 20.5 Å². The maximum absolute atomic E-state index is 12.0. The molecule has 3 N–H and O–H groups in total. The van der Waals surface area contributed by atoms with Crippen molar-refractivity contribution in [3.63, 3.8) is 0 Å². The van der Waals surface area contributed by atoms with Gasteiger partial charge in [-0.1, -0.05) is 12.1 Å². The van der Waals surface area contributed by atoms with Gasteiger partial charge in [0.25, 0.3) is 0 Å². The Hall–Kier alpha value is -0.910. The number of aryl methyl sites for hydroxylation is 2. The van der Waals surface area contributed by atoms with Crippen LogP contribution in [0.3, 0.4) is 0 Å². The van der Waals surface area contributed by atoms with E-state index in [-0.39, 0.29) is 12.1 Å². The summed E-state index contributed by atoms with van der Waals surface area (Å²) < 4.78 is 26.7. The van der Waals surface area contributed by atoms with Gasteiger partial charge in [0.15, 0.2) is 0 Å². The minimum absolute atomic E-state index is 0.0279. The molecule has 1 saturated carbocycles. The van der Waals surface area contributed by atoms with Gasteiger partial charge in [0, 0.05) is 12.1 Å². The van der Waals surface area contributed by atoms with Crippen LogP contribution in [0.2, 0.25) is 0 Å². The number of nitrogens with one attached hydrogen (secondary N) is 1. The molecule has 88 valence electrons. The minimum atomic E-state index is -3.41. The lowest BCUT2D eigenvalue weighted by atomic mass is 10.2. The third kappa shape index (κ3) is 2.26. The first-order valence-electron chi connectivity index (χ1n) is 5.25. The summed E-state index contributed by atoms with van der Waals surface area (Å²) in [6, 6.07) is 5.28. The first-order chi connectivity index (χ1) is 7.40. The number of nitrogens with two attached hydrogens (primary N) is 1. The second-order valence-electron chi connectivity index (χ2n) is 4.40. The van der Waals surface area contributed by atoms with Crippen LogP contribution in [-0.2, 0) is 10.0 Å². The number of benzene rings is 1. The zero-order chi connectivity index (χ0) is 11.9. The molecule has 0 aliphatic heterocycles. The third-order valence-corrected chi connectivity index (χ3v) is 4.41. The number of hydrogen-bond acceptors (Lipinski definition) is 3. The molecule has 0 amide bonds. The Kier molecular flexibility index (Phi) is 2.77. The van der Waals surface area contributed by atoms with E-state index in [1.807, 2.05) is 19.1 Å². The molecular weight excluding hydrogens is 224 g/mol. The Bertz CT molecular complexity index is 511. The monoisotopic (exact) mass is 240 g/mol. The highest BCUT2D eigenvalue weighted by Gasteiger charge is 2.37. The molecule has 16 heavy (non-hydrogen) atoms. The van der Waals surface area contributed by atoms with E-state index >= 15 is 0 Å². The van der Waals surface area contributed by atoms with E-state index in [0.717, 1.165) is 17.5 Å². The molecule has 0 bridgehead atoms. The molecule has 0 radical (unpaired) electrons. The molecule has 1 aliphatic carbocycles. The van der Waals surface area contributed by atoms with Crippen LogP contribution in [0.5, 0.6) is 0 Å². The summed E-state index contributed by atoms with van der Waals surface area (Å²) in [6.07, 6.45) is 0.726. The molecule has 0 aromatic heterocycles. The predicted molar refractivity (Wildman–Crippen MR) is 62.6 cm³/mol. The Morgan fingerprint density at radius 1 is 1.38 bits per heavy atom. The molecule has 2 unspecified atom stereocenters. The number of rotatable bonds is 3. The normalized spacial score (nSPS) is 24.4. The maximum atomic E-state index is 12.0. The second-order valence-corrected chi connectivity index (χ2v) is 6.08. The first-order valence-corrected chi connectivity index (χ1v) is 6.73. The SMILES string of the molecule is Cc1ccc(C)c(S(=O)(=O)NC2CC2N)c1. The molecule has 0 heterocycles. The van der Waals surface area contributed by atoms with Gasteiger partial charge in [-0.3, -0.25) is 0 Å². The van der Waals surface area contributed by atoms with Crippen molar-refractivity contribution in [2.24, 2.45) is 5.73 Å². The summed E-state index contributed by atoms with van der Waals surface area (Å²) in [5, 5.41) is 0. The minimum Gasteiger partial charge on any atom is -0.326 e. The quantitative estimate of drug-likeness (QED) is 0.816. The summed E-state index contributed by atoms with van der Waals surface area (Å²) in [7, 11) is -3.41. The topological polar surface area (TPSA) is 72.2 Å². The summed E-state index contributed by atoms with van der Waals surface area (Å²) in [5.41, 5.74) is 7.29. The number of sulfonamides is 1. The van der Waals surface area contributed by atoms with Crippen LogP contribution in [0, 0.1) is 13.8 Å². The average molecular weight is 240 g/mol. The average Bonchev–Trinajstić information content (AvgIpc) is 2.85. The van der Waals surface area contributed by atoms with E-state index in [4.69, 9.17) is 5.73 Å². The first kappa shape index (κ1) is 11.6. The smallest absolute Gasteiger partial charge is 0.241 e. The zero-order valence-corrected chi connectivity index (χ0v) is 10.2. The Labute approximate surface area is 95.9 Å². The standard InChI is InChI=1S/C11H16N2O2S/c1-7-3-4-8(2)11(5-7)16(14,15)13-10-6-9(10)12/h3-5,9-10,13H,6,12H2,1-2H3. The van der Waals surface area contributed by atoms with Gasteiger partial charge in [-0.05, 0) is 37.5 Å². The lowest BCUT2D eigenvalue weighted by Gasteiger charge is -2.09. The third-order valence-electron chi connectivity index (χ3n) is 2.78. The van der Waals surface area contributed by atoms with E-state index < -0.39 is 10.0 Å². The molecule has 0 saturated heterocycles. The molecule has 2 atom stereocenters. The fourth-order valence-corrected chi connectivity index (χ4v) is 3.24. The fraction of sp³-hybridized carbons (Fsp3) is 0.455. The lowest BCUT2D eigenvalue weighted by molar-refractivity contribution is 0.579. The van der Waals surface area contributed by atoms with Crippen LogP contribution in [0.25, 0.3) is 0 Å². The molecule has 1 aliphatic rings. The van der Waals surface area contributed by atoms with Crippen molar-refractivity contribution in [3.05, 3.63) is 29.3 Å². The Balaban J connectivity index is 2.31. The molecule has 2 rings (SSSR count). The highest BCUT2D eigenvalue weighted by atomic mass is 32.2. The van der Waals surface area contributed by atoms with Crippen LogP contribution in [0.1, 0.15) is 17.5 Å². The molecule has 4 nitrogen and oxygen atoms in total. The van der Waals surface area contributed by atoms with Crippen LogP contribution in [0.4, 0.5) is 0 Å². The molecule has 0 spiro atoms. The molecule has 1 aromatic rings. The molecular formula is C11H16N2O2S. The largest absolute Gasteiger partial charge is 0.326 e. The van der Waals surface area contributed by atoms with E-state index in [0.29, 0.717) is 4.90 Å². The van der Waals surface area contributed by atoms with Crippen LogP contribution in [0.15, 0.2) is 23.1 Å². The second kappa shape index (κ2) is 3.84. The zero-order valence-electron chi connectivity index (χ0n) is 9.40. The van der Waals surface area contributed by atoms with Gasteiger partial charge in [0.2, 0.25) is 10.0 Å². The van der Waals surface area contributed by atoms with E-state index in [1.165, 1.54) is 0 Å². The van der Waals surface area contributed by atoms with Crippen LogP contribution < -0.4 is 10.5 Å². The van der Waals surface area contributed by atoms with E-state index in [9.17, 15) is 8.42 Å². The maximum Gasteiger partial charge on any atom is 0.241 e. The Morgan fingerprint density at radius 2 is 2.00 bits per heavy atom. The van der Waals surface area contributed by atoms with Crippen LogP contribution >= 0.6 is 0 Å².